The average molecular weight is 412 g/mol. The smallest absolute Gasteiger partial charge is 0.289 e. The second-order valence-electron chi connectivity index (χ2n) is 7.15. The summed E-state index contributed by atoms with van der Waals surface area (Å²) in [6.45, 7) is 5.25. The fourth-order valence-electron chi connectivity index (χ4n) is 3.35. The van der Waals surface area contributed by atoms with Crippen LogP contribution in [0.3, 0.4) is 0 Å². The van der Waals surface area contributed by atoms with Gasteiger partial charge in [0.05, 0.1) is 6.26 Å². The number of benzene rings is 1. The molecule has 2 amide bonds. The summed E-state index contributed by atoms with van der Waals surface area (Å²) in [6.07, 6.45) is 2.87. The van der Waals surface area contributed by atoms with Crippen LogP contribution in [0.5, 0.6) is 0 Å². The van der Waals surface area contributed by atoms with Gasteiger partial charge in [-0.15, -0.1) is 0 Å². The van der Waals surface area contributed by atoms with Crippen molar-refractivity contribution in [1.82, 2.24) is 15.1 Å². The number of hydrogen-bond donors (Lipinski definition) is 2. The van der Waals surface area contributed by atoms with Crippen LogP contribution in [-0.4, -0.2) is 60.8 Å². The lowest BCUT2D eigenvalue weighted by atomic mass is 10.2. The lowest BCUT2D eigenvalue weighted by molar-refractivity contribution is -0.116. The maximum absolute atomic E-state index is 12.4. The van der Waals surface area contributed by atoms with Crippen LogP contribution in [0.4, 0.5) is 5.69 Å². The molecule has 160 valence electrons. The number of amides is 2. The van der Waals surface area contributed by atoms with Crippen LogP contribution in [-0.2, 0) is 11.3 Å². The lowest BCUT2D eigenvalue weighted by Gasteiger charge is -2.36. The molecule has 0 bridgehead atoms. The van der Waals surface area contributed by atoms with Crippen molar-refractivity contribution in [3.05, 3.63) is 54.0 Å². The first-order valence-corrected chi connectivity index (χ1v) is 10.3. The van der Waals surface area contributed by atoms with Crippen LogP contribution < -0.4 is 10.6 Å². The van der Waals surface area contributed by atoms with E-state index in [2.05, 4.69) is 20.5 Å². The molecular weight excluding hydrogens is 382 g/mol. The molecule has 2 N–H and O–H groups in total. The van der Waals surface area contributed by atoms with Gasteiger partial charge < -0.3 is 24.9 Å². The molecule has 1 fully saturated rings. The topological polar surface area (TPSA) is 90.2 Å². The van der Waals surface area contributed by atoms with Crippen LogP contribution in [0, 0.1) is 0 Å². The van der Waals surface area contributed by atoms with E-state index in [-0.39, 0.29) is 11.8 Å². The number of nitrogens with one attached hydrogen (secondary N) is 2. The highest BCUT2D eigenvalue weighted by Crippen LogP contribution is 2.12. The molecule has 1 aliphatic rings. The van der Waals surface area contributed by atoms with E-state index < -0.39 is 0 Å². The first-order chi connectivity index (χ1) is 14.6. The van der Waals surface area contributed by atoms with Crippen LogP contribution in [0.25, 0.3) is 0 Å². The number of rotatable bonds is 6. The molecule has 2 heterocycles. The Morgan fingerprint density at radius 1 is 1.07 bits per heavy atom. The summed E-state index contributed by atoms with van der Waals surface area (Å²) < 4.78 is 5.21. The van der Waals surface area contributed by atoms with E-state index in [1.54, 1.807) is 24.1 Å². The number of hydrogen-bond acceptors (Lipinski definition) is 4. The molecule has 1 aliphatic heterocycles. The minimum Gasteiger partial charge on any atom is -0.459 e. The molecule has 0 spiro atoms. The Balaban J connectivity index is 1.47. The molecule has 1 aromatic heterocycles. The predicted molar refractivity (Wildman–Crippen MR) is 116 cm³/mol. The van der Waals surface area contributed by atoms with Crippen molar-refractivity contribution < 1.29 is 14.0 Å². The fourth-order valence-corrected chi connectivity index (χ4v) is 3.35. The van der Waals surface area contributed by atoms with Crippen LogP contribution in [0.2, 0.25) is 0 Å². The third kappa shape index (κ3) is 5.62. The molecule has 30 heavy (non-hydrogen) atoms. The van der Waals surface area contributed by atoms with Crippen LogP contribution in [0.1, 0.15) is 35.9 Å². The molecule has 2 aromatic rings. The Kier molecular flexibility index (Phi) is 7.48. The van der Waals surface area contributed by atoms with Crippen molar-refractivity contribution in [2.75, 3.05) is 38.5 Å². The molecule has 0 saturated carbocycles. The minimum absolute atomic E-state index is 0.0356. The normalized spacial score (nSPS) is 14.5. The van der Waals surface area contributed by atoms with Gasteiger partial charge in [-0.25, -0.2) is 0 Å². The molecule has 8 heteroatoms. The van der Waals surface area contributed by atoms with Gasteiger partial charge in [-0.3, -0.25) is 14.6 Å². The highest BCUT2D eigenvalue weighted by atomic mass is 16.3. The molecule has 0 unspecified atom stereocenters. The van der Waals surface area contributed by atoms with Crippen LogP contribution >= 0.6 is 0 Å². The number of carbonyl (C=O) groups excluding carboxylic acids is 2. The zero-order valence-corrected chi connectivity index (χ0v) is 17.6. The van der Waals surface area contributed by atoms with Crippen molar-refractivity contribution in [2.45, 2.75) is 26.3 Å². The highest BCUT2D eigenvalue weighted by molar-refractivity contribution is 5.92. The monoisotopic (exact) mass is 411 g/mol. The maximum atomic E-state index is 12.4. The zero-order valence-electron chi connectivity index (χ0n) is 17.6. The Hall–Kier alpha value is -3.29. The molecular formula is C22H29N5O3. The van der Waals surface area contributed by atoms with Gasteiger partial charge in [0.15, 0.2) is 11.7 Å². The number of aliphatic imine (C=N–C) groups is 1. The van der Waals surface area contributed by atoms with Crippen LogP contribution in [0.15, 0.2) is 52.1 Å². The molecule has 3 rings (SSSR count). The molecule has 0 aliphatic carbocycles. The van der Waals surface area contributed by atoms with E-state index in [9.17, 15) is 9.59 Å². The Bertz CT molecular complexity index is 853. The standard InChI is InChI=1S/C22H29N5O3/c1-3-5-20(28)25-18-9-7-17(8-10-18)16-24-22(23-2)27-13-11-26(12-14-27)21(29)19-6-4-15-30-19/h4,6-10,15H,3,5,11-14,16H2,1-2H3,(H,23,24)(H,25,28). The summed E-state index contributed by atoms with van der Waals surface area (Å²) in [6, 6.07) is 11.2. The van der Waals surface area contributed by atoms with E-state index in [4.69, 9.17) is 4.42 Å². The molecule has 0 radical (unpaired) electrons. The number of carbonyl (C=O) groups is 2. The first kappa shape index (κ1) is 21.4. The number of furan rings is 1. The summed E-state index contributed by atoms with van der Waals surface area (Å²) in [4.78, 5) is 32.4. The largest absolute Gasteiger partial charge is 0.459 e. The van der Waals surface area contributed by atoms with Gasteiger partial charge >= 0.3 is 0 Å². The van der Waals surface area contributed by atoms with Gasteiger partial charge in [-0.2, -0.15) is 0 Å². The summed E-state index contributed by atoms with van der Waals surface area (Å²) in [5.41, 5.74) is 1.90. The Labute approximate surface area is 176 Å². The summed E-state index contributed by atoms with van der Waals surface area (Å²) >= 11 is 0. The van der Waals surface area contributed by atoms with Crippen molar-refractivity contribution in [3.63, 3.8) is 0 Å². The second-order valence-corrected chi connectivity index (χ2v) is 7.15. The van der Waals surface area contributed by atoms with E-state index in [1.165, 1.54) is 6.26 Å². The third-order valence-corrected chi connectivity index (χ3v) is 4.98. The minimum atomic E-state index is -0.0753. The first-order valence-electron chi connectivity index (χ1n) is 10.3. The summed E-state index contributed by atoms with van der Waals surface area (Å²) in [7, 11) is 1.76. The van der Waals surface area contributed by atoms with Crippen molar-refractivity contribution in [3.8, 4) is 0 Å². The van der Waals surface area contributed by atoms with Gasteiger partial charge in [0.2, 0.25) is 5.91 Å². The quantitative estimate of drug-likeness (QED) is 0.563. The number of nitrogens with zero attached hydrogens (tertiary/aromatic N) is 3. The van der Waals surface area contributed by atoms with Crippen molar-refractivity contribution in [1.29, 1.82) is 0 Å². The fraction of sp³-hybridized carbons (Fsp3) is 0.409. The van der Waals surface area contributed by atoms with Crippen molar-refractivity contribution in [2.24, 2.45) is 4.99 Å². The van der Waals surface area contributed by atoms with E-state index >= 15 is 0 Å². The zero-order chi connectivity index (χ0) is 21.3. The molecule has 1 aromatic carbocycles. The van der Waals surface area contributed by atoms with E-state index in [0.717, 1.165) is 23.6 Å². The van der Waals surface area contributed by atoms with Gasteiger partial charge in [-0.05, 0) is 36.2 Å². The van der Waals surface area contributed by atoms with Gasteiger partial charge in [-0.1, -0.05) is 19.1 Å². The third-order valence-electron chi connectivity index (χ3n) is 4.98. The van der Waals surface area contributed by atoms with Gasteiger partial charge in [0.1, 0.15) is 0 Å². The van der Waals surface area contributed by atoms with Gasteiger partial charge in [0, 0.05) is 51.9 Å². The number of piperazine rings is 1. The average Bonchev–Trinajstić information content (AvgIpc) is 3.30. The number of anilines is 1. The lowest BCUT2D eigenvalue weighted by Crippen LogP contribution is -2.53. The molecule has 8 nitrogen and oxygen atoms in total. The summed E-state index contributed by atoms with van der Waals surface area (Å²) in [5.74, 6) is 1.14. The van der Waals surface area contributed by atoms with E-state index in [0.29, 0.717) is 44.9 Å². The van der Waals surface area contributed by atoms with Gasteiger partial charge in [0.25, 0.3) is 5.91 Å². The molecule has 1 saturated heterocycles. The molecule has 0 atom stereocenters. The van der Waals surface area contributed by atoms with E-state index in [1.807, 2.05) is 31.2 Å². The van der Waals surface area contributed by atoms with Crippen molar-refractivity contribution >= 4 is 23.5 Å². The number of guanidine groups is 1. The SMILES string of the molecule is CCCC(=O)Nc1ccc(CNC(=NC)N2CCN(C(=O)c3ccco3)CC2)cc1. The maximum Gasteiger partial charge on any atom is 0.289 e. The second kappa shape index (κ2) is 10.5. The Morgan fingerprint density at radius 3 is 2.37 bits per heavy atom. The predicted octanol–water partition coefficient (Wildman–Crippen LogP) is 2.55. The summed E-state index contributed by atoms with van der Waals surface area (Å²) in [5, 5.41) is 6.27. The highest BCUT2D eigenvalue weighted by Gasteiger charge is 2.25. The Morgan fingerprint density at radius 2 is 1.77 bits per heavy atom.